The average molecular weight is 196 g/mol. The fourth-order valence-electron chi connectivity index (χ4n) is 0.646. The van der Waals surface area contributed by atoms with Crippen LogP contribution in [0.5, 0.6) is 0 Å². The molecule has 0 aliphatic heterocycles. The van der Waals surface area contributed by atoms with Crippen LogP contribution < -0.4 is 0 Å². The van der Waals surface area contributed by atoms with Crippen LogP contribution in [0.3, 0.4) is 0 Å². The Balaban J connectivity index is 3.31. The second-order valence-electron chi connectivity index (χ2n) is 3.00. The second kappa shape index (κ2) is 6.61. The molecule has 4 nitrogen and oxygen atoms in total. The van der Waals surface area contributed by atoms with Crippen molar-refractivity contribution in [3.63, 3.8) is 0 Å². The molecule has 0 saturated heterocycles. The maximum absolute atomic E-state index is 10.2. The molecular weight excluding hydrogens is 179 g/mol. The van der Waals surface area contributed by atoms with Gasteiger partial charge in [-0.05, 0) is 19.3 Å². The number of hydrogen-bond acceptors (Lipinski definition) is 3. The molecule has 0 aromatic heterocycles. The topological polar surface area (TPSA) is 55.8 Å². The molecular formula is C7H17O4P. The van der Waals surface area contributed by atoms with Crippen LogP contribution in [-0.2, 0) is 13.8 Å². The van der Waals surface area contributed by atoms with Crippen molar-refractivity contribution in [3.8, 4) is 0 Å². The van der Waals surface area contributed by atoms with Gasteiger partial charge < -0.3 is 9.63 Å². The van der Waals surface area contributed by atoms with E-state index in [0.717, 1.165) is 6.42 Å². The van der Waals surface area contributed by atoms with Crippen molar-refractivity contribution in [3.05, 3.63) is 0 Å². The molecule has 0 fully saturated rings. The first kappa shape index (κ1) is 12.1. The van der Waals surface area contributed by atoms with E-state index in [2.05, 4.69) is 18.4 Å². The Bertz CT molecular complexity index is 137. The van der Waals surface area contributed by atoms with Gasteiger partial charge in [0.05, 0.1) is 0 Å². The van der Waals surface area contributed by atoms with Crippen molar-refractivity contribution < 1.29 is 18.7 Å². The third-order valence-electron chi connectivity index (χ3n) is 1.31. The third-order valence-corrected chi connectivity index (χ3v) is 1.85. The van der Waals surface area contributed by atoms with Crippen LogP contribution in [0, 0.1) is 5.92 Å². The van der Waals surface area contributed by atoms with Gasteiger partial charge in [-0.2, -0.15) is 0 Å². The van der Waals surface area contributed by atoms with Gasteiger partial charge in [-0.25, -0.2) is 0 Å². The smallest absolute Gasteiger partial charge is 0.318 e. The Kier molecular flexibility index (Phi) is 6.67. The highest BCUT2D eigenvalue weighted by Crippen LogP contribution is 2.18. The summed E-state index contributed by atoms with van der Waals surface area (Å²) < 4.78 is 19.8. The molecule has 0 aliphatic rings. The summed E-state index contributed by atoms with van der Waals surface area (Å²) in [6.07, 6.45) is 0.347. The number of rotatable bonds is 6. The molecule has 0 saturated carbocycles. The van der Waals surface area contributed by atoms with E-state index in [1.54, 1.807) is 6.92 Å². The van der Waals surface area contributed by atoms with E-state index >= 15 is 0 Å². The molecule has 12 heavy (non-hydrogen) atoms. The van der Waals surface area contributed by atoms with E-state index in [1.807, 2.05) is 0 Å². The van der Waals surface area contributed by atoms with E-state index in [1.165, 1.54) is 0 Å². The van der Waals surface area contributed by atoms with E-state index in [-0.39, 0.29) is 0 Å². The minimum absolute atomic E-state index is 0.563. The summed E-state index contributed by atoms with van der Waals surface area (Å²) in [6, 6.07) is 0. The first-order chi connectivity index (χ1) is 5.52. The molecule has 0 rings (SSSR count). The average Bonchev–Trinajstić information content (AvgIpc) is 1.84. The molecule has 0 aromatic carbocycles. The van der Waals surface area contributed by atoms with Crippen LogP contribution in [-0.4, -0.2) is 17.8 Å². The zero-order chi connectivity index (χ0) is 9.56. The van der Waals surface area contributed by atoms with E-state index in [4.69, 9.17) is 9.63 Å². The van der Waals surface area contributed by atoms with Gasteiger partial charge in [-0.1, -0.05) is 13.8 Å². The Morgan fingerprint density at radius 3 is 2.42 bits per heavy atom. The number of ether oxygens (including phenoxy) is 1. The summed E-state index contributed by atoms with van der Waals surface area (Å²) >= 11 is 0. The molecule has 1 N–H and O–H groups in total. The summed E-state index contributed by atoms with van der Waals surface area (Å²) in [6.45, 7) is 6.35. The Morgan fingerprint density at radius 2 is 2.00 bits per heavy atom. The van der Waals surface area contributed by atoms with E-state index in [0.29, 0.717) is 12.5 Å². The van der Waals surface area contributed by atoms with Crippen LogP contribution in [0.15, 0.2) is 0 Å². The standard InChI is InChI=1S/C7H17O4P/c1-6(2)4-5-10-7(3)11-12(8)9/h6-7,12H,4-5H2,1-3H3,(H,8,9). The van der Waals surface area contributed by atoms with Crippen molar-refractivity contribution >= 4 is 8.25 Å². The van der Waals surface area contributed by atoms with Crippen LogP contribution in [0.4, 0.5) is 0 Å². The quantitative estimate of drug-likeness (QED) is 0.519. The minimum atomic E-state index is -2.86. The second-order valence-corrected chi connectivity index (χ2v) is 3.77. The predicted molar refractivity (Wildman–Crippen MR) is 47.2 cm³/mol. The Morgan fingerprint density at radius 1 is 1.42 bits per heavy atom. The van der Waals surface area contributed by atoms with Gasteiger partial charge in [0.15, 0.2) is 6.29 Å². The largest absolute Gasteiger partial charge is 0.352 e. The summed E-state index contributed by atoms with van der Waals surface area (Å²) in [5.74, 6) is 0.573. The lowest BCUT2D eigenvalue weighted by molar-refractivity contribution is -0.0701. The molecule has 2 atom stereocenters. The molecule has 0 aliphatic carbocycles. The van der Waals surface area contributed by atoms with Gasteiger partial charge in [-0.3, -0.25) is 9.09 Å². The number of hydrogen-bond donors (Lipinski definition) is 1. The fraction of sp³-hybridized carbons (Fsp3) is 1.00. The van der Waals surface area contributed by atoms with Crippen molar-refractivity contribution in [1.29, 1.82) is 0 Å². The first-order valence-corrected chi connectivity index (χ1v) is 5.30. The van der Waals surface area contributed by atoms with Gasteiger partial charge >= 0.3 is 8.25 Å². The van der Waals surface area contributed by atoms with E-state index in [9.17, 15) is 4.57 Å². The van der Waals surface area contributed by atoms with Crippen molar-refractivity contribution in [2.45, 2.75) is 33.5 Å². The molecule has 0 amide bonds. The molecule has 0 spiro atoms. The van der Waals surface area contributed by atoms with Gasteiger partial charge in [0.2, 0.25) is 0 Å². The van der Waals surface area contributed by atoms with Crippen molar-refractivity contribution in [2.75, 3.05) is 6.61 Å². The fourth-order valence-corrected chi connectivity index (χ4v) is 0.998. The van der Waals surface area contributed by atoms with Crippen LogP contribution in [0.2, 0.25) is 0 Å². The highest BCUT2D eigenvalue weighted by molar-refractivity contribution is 7.32. The van der Waals surface area contributed by atoms with Crippen LogP contribution >= 0.6 is 8.25 Å². The van der Waals surface area contributed by atoms with E-state index < -0.39 is 14.5 Å². The van der Waals surface area contributed by atoms with Crippen molar-refractivity contribution in [2.24, 2.45) is 5.92 Å². The summed E-state index contributed by atoms with van der Waals surface area (Å²) in [5, 5.41) is 0. The minimum Gasteiger partial charge on any atom is -0.352 e. The summed E-state index contributed by atoms with van der Waals surface area (Å²) in [5.41, 5.74) is 0. The molecule has 5 heteroatoms. The highest BCUT2D eigenvalue weighted by atomic mass is 31.1. The normalized spacial score (nSPS) is 16.4. The maximum atomic E-state index is 10.2. The van der Waals surface area contributed by atoms with Gasteiger partial charge in [0.25, 0.3) is 0 Å². The Hall–Kier alpha value is 0.110. The van der Waals surface area contributed by atoms with Gasteiger partial charge in [0.1, 0.15) is 0 Å². The zero-order valence-corrected chi connectivity index (χ0v) is 8.74. The summed E-state index contributed by atoms with van der Waals surface area (Å²) in [4.78, 5) is 8.38. The van der Waals surface area contributed by atoms with Gasteiger partial charge in [0, 0.05) is 6.61 Å². The lowest BCUT2D eigenvalue weighted by Gasteiger charge is -2.12. The molecule has 0 heterocycles. The molecule has 74 valence electrons. The SMILES string of the molecule is CC(C)CCOC(C)O[PH](=O)O. The first-order valence-electron chi connectivity index (χ1n) is 4.03. The Labute approximate surface area is 73.8 Å². The lowest BCUT2D eigenvalue weighted by atomic mass is 10.1. The molecule has 0 aromatic rings. The van der Waals surface area contributed by atoms with Crippen LogP contribution in [0.25, 0.3) is 0 Å². The highest BCUT2D eigenvalue weighted by Gasteiger charge is 2.04. The zero-order valence-electron chi connectivity index (χ0n) is 7.74. The molecule has 0 radical (unpaired) electrons. The third kappa shape index (κ3) is 8.21. The van der Waals surface area contributed by atoms with Crippen LogP contribution in [0.1, 0.15) is 27.2 Å². The molecule has 2 unspecified atom stereocenters. The maximum Gasteiger partial charge on any atom is 0.318 e. The predicted octanol–water partition coefficient (Wildman–Crippen LogP) is 1.79. The monoisotopic (exact) mass is 196 g/mol. The van der Waals surface area contributed by atoms with Crippen molar-refractivity contribution in [1.82, 2.24) is 0 Å². The van der Waals surface area contributed by atoms with Gasteiger partial charge in [-0.15, -0.1) is 0 Å². The summed E-state index contributed by atoms with van der Waals surface area (Å²) in [7, 11) is -2.86. The molecule has 0 bridgehead atoms. The lowest BCUT2D eigenvalue weighted by Crippen LogP contribution is -2.11.